The first kappa shape index (κ1) is 44.3. The van der Waals surface area contributed by atoms with E-state index in [1.165, 1.54) is 4.90 Å². The summed E-state index contributed by atoms with van der Waals surface area (Å²) in [4.78, 5) is 10.2. The Hall–Kier alpha value is -2.75. The Morgan fingerprint density at radius 2 is 0.966 bits per heavy atom. The van der Waals surface area contributed by atoms with Crippen LogP contribution in [0.15, 0.2) is 15.3 Å². The maximum absolute atomic E-state index is 11.8. The van der Waals surface area contributed by atoms with Crippen molar-refractivity contribution >= 4 is 0 Å². The lowest BCUT2D eigenvalue weighted by Crippen LogP contribution is -2.66. The van der Waals surface area contributed by atoms with Crippen LogP contribution in [0.3, 0.4) is 0 Å². The molecule has 0 aromatic heterocycles. The van der Waals surface area contributed by atoms with Gasteiger partial charge in [0.25, 0.3) is 0 Å². The topological polar surface area (TPSA) is 366 Å². The molecule has 59 heavy (non-hydrogen) atoms. The van der Waals surface area contributed by atoms with Crippen molar-refractivity contribution in [2.45, 2.75) is 188 Å². The number of aliphatic hydroxyl groups excluding tert-OH is 6. The third-order valence-corrected chi connectivity index (χ3v) is 11.8. The summed E-state index contributed by atoms with van der Waals surface area (Å²) in [6.45, 7) is 8.88. The quantitative estimate of drug-likeness (QED) is 0.0616. The fraction of sp³-hybridized carbons (Fsp3) is 1.00. The zero-order valence-electron chi connectivity index (χ0n) is 33.2. The van der Waals surface area contributed by atoms with Crippen molar-refractivity contribution in [3.63, 3.8) is 0 Å². The molecule has 0 radical (unpaired) electrons. The van der Waals surface area contributed by atoms with E-state index in [0.29, 0.717) is 0 Å². The molecule has 0 bridgehead atoms. The first-order valence-electron chi connectivity index (χ1n) is 19.5. The molecule has 0 aromatic rings. The van der Waals surface area contributed by atoms with Gasteiger partial charge in [-0.15, -0.1) is 0 Å². The third-order valence-electron chi connectivity index (χ3n) is 11.8. The molecule has 20 atom stereocenters. The highest BCUT2D eigenvalue weighted by Gasteiger charge is 2.60. The highest BCUT2D eigenvalue weighted by Crippen LogP contribution is 2.43. The van der Waals surface area contributed by atoms with E-state index < -0.39 is 153 Å². The first-order chi connectivity index (χ1) is 27.8. The summed E-state index contributed by atoms with van der Waals surface area (Å²) in [6, 6.07) is -5.26. The summed E-state index contributed by atoms with van der Waals surface area (Å²) in [7, 11) is 0. The number of hydrogen-bond acceptors (Lipinski definition) is 20. The number of nitrogens with one attached hydrogen (secondary N) is 1. The lowest BCUT2D eigenvalue weighted by molar-refractivity contribution is -0.221. The molecule has 0 spiro atoms. The summed E-state index contributed by atoms with van der Waals surface area (Å²) in [6.07, 6.45) is -18.5. The van der Waals surface area contributed by atoms with Crippen molar-refractivity contribution in [1.82, 2.24) is 10.2 Å². The van der Waals surface area contributed by atoms with Crippen molar-refractivity contribution in [1.29, 1.82) is 0 Å². The Morgan fingerprint density at radius 3 is 1.34 bits per heavy atom. The van der Waals surface area contributed by atoms with Crippen LogP contribution in [0.2, 0.25) is 0 Å². The van der Waals surface area contributed by atoms with E-state index in [4.69, 9.17) is 42.6 Å². The van der Waals surface area contributed by atoms with Crippen LogP contribution >= 0.6 is 0 Å². The van der Waals surface area contributed by atoms with Gasteiger partial charge >= 0.3 is 0 Å². The lowest BCUT2D eigenvalue weighted by Gasteiger charge is -2.47. The van der Waals surface area contributed by atoms with E-state index in [0.717, 1.165) is 0 Å². The highest BCUT2D eigenvalue weighted by atomic mass is 16.9. The van der Waals surface area contributed by atoms with Gasteiger partial charge in [0.05, 0.1) is 67.0 Å². The molecule has 6 aliphatic heterocycles. The van der Waals surface area contributed by atoms with Gasteiger partial charge in [-0.3, -0.25) is 4.90 Å². The van der Waals surface area contributed by atoms with Crippen molar-refractivity contribution < 1.29 is 73.3 Å². The molecule has 26 nitrogen and oxygen atoms in total. The Labute approximate surface area is 337 Å². The molecule has 7 N–H and O–H groups in total. The molecule has 1 aliphatic carbocycles. The van der Waals surface area contributed by atoms with Gasteiger partial charge in [-0.25, -0.2) is 0 Å². The Balaban J connectivity index is 1.11. The summed E-state index contributed by atoms with van der Waals surface area (Å²) in [5.41, 5.74) is 28.1. The molecular formula is C33H53N11O15. The van der Waals surface area contributed by atoms with Crippen LogP contribution in [0.1, 0.15) is 48.0 Å². The van der Waals surface area contributed by atoms with E-state index >= 15 is 0 Å². The standard InChI is InChI=1S/C33H53N11O15/c1-31(2)54-25-16(38-41-34)22(51-28(25)57-31)13(45)8-37-11-7-12(20(49)21(50)19(11)48)44(9-14(46)23-17(39-42-35)26-29(52-23)58-32(3,4)55-26)10-15(47)24-18(40-43-36)27-30(53-24)59-33(5,6)56-27/h11-30,37,45-50H,7-10H2,1-6H3/t11-,12+,13-,14+,15+,16+,17+,18+,19+,20-,21-,22-,23-,24-,25-,26-,27-,28-,29-,30-/m1/s1. The molecule has 0 aromatic carbocycles. The van der Waals surface area contributed by atoms with Crippen LogP contribution in [0, 0.1) is 0 Å². The zero-order valence-corrected chi connectivity index (χ0v) is 33.2. The van der Waals surface area contributed by atoms with Crippen LogP contribution in [-0.2, 0) is 42.6 Å². The normalized spacial score (nSPS) is 45.4. The van der Waals surface area contributed by atoms with E-state index in [2.05, 4.69) is 35.4 Å². The van der Waals surface area contributed by atoms with Crippen LogP contribution in [0.5, 0.6) is 0 Å². The zero-order chi connectivity index (χ0) is 42.8. The smallest absolute Gasteiger partial charge is 0.188 e. The number of azide groups is 3. The predicted molar refractivity (Wildman–Crippen MR) is 193 cm³/mol. The molecule has 7 fully saturated rings. The third kappa shape index (κ3) is 8.82. The second kappa shape index (κ2) is 16.8. The number of rotatable bonds is 14. The Bertz CT molecular complexity index is 1610. The molecule has 6 saturated heterocycles. The summed E-state index contributed by atoms with van der Waals surface area (Å²) >= 11 is 0. The number of fused-ring (bicyclic) bond motifs is 3. The summed E-state index contributed by atoms with van der Waals surface area (Å²) in [5, 5.41) is 83.2. The van der Waals surface area contributed by atoms with Gasteiger partial charge in [-0.05, 0) is 64.6 Å². The second-order valence-corrected chi connectivity index (χ2v) is 17.2. The minimum Gasteiger partial charge on any atom is -0.389 e. The van der Waals surface area contributed by atoms with Gasteiger partial charge in [0, 0.05) is 46.5 Å². The van der Waals surface area contributed by atoms with Crippen molar-refractivity contribution in [3.05, 3.63) is 31.3 Å². The minimum atomic E-state index is -1.79. The summed E-state index contributed by atoms with van der Waals surface area (Å²) < 4.78 is 53.0. The highest BCUT2D eigenvalue weighted by molar-refractivity contribution is 5.07. The molecule has 1 saturated carbocycles. The van der Waals surface area contributed by atoms with Crippen molar-refractivity contribution in [3.8, 4) is 0 Å². The van der Waals surface area contributed by atoms with Crippen LogP contribution in [0.25, 0.3) is 31.3 Å². The Morgan fingerprint density at radius 1 is 0.593 bits per heavy atom. The maximum Gasteiger partial charge on any atom is 0.188 e. The molecule has 7 rings (SSSR count). The van der Waals surface area contributed by atoms with E-state index in [-0.39, 0.29) is 13.0 Å². The second-order valence-electron chi connectivity index (χ2n) is 17.2. The minimum absolute atomic E-state index is 0.142. The average Bonchev–Trinajstić information content (AvgIpc) is 3.96. The van der Waals surface area contributed by atoms with Crippen LogP contribution < -0.4 is 5.32 Å². The first-order valence-corrected chi connectivity index (χ1v) is 19.5. The van der Waals surface area contributed by atoms with Crippen LogP contribution in [0.4, 0.5) is 0 Å². The maximum atomic E-state index is 11.8. The molecule has 6 heterocycles. The number of hydrogen-bond donors (Lipinski definition) is 7. The van der Waals surface area contributed by atoms with Gasteiger partial charge in [0.1, 0.15) is 24.4 Å². The lowest BCUT2D eigenvalue weighted by atomic mass is 9.82. The predicted octanol–water partition coefficient (Wildman–Crippen LogP) is -1.15. The van der Waals surface area contributed by atoms with Crippen molar-refractivity contribution in [2.24, 2.45) is 15.3 Å². The molecular weight excluding hydrogens is 790 g/mol. The molecule has 0 amide bonds. The van der Waals surface area contributed by atoms with E-state index in [1.807, 2.05) is 0 Å². The molecule has 0 unspecified atom stereocenters. The SMILES string of the molecule is CC1(C)O[C@H]2O[C@H]([C@H](O)CN[C@@H]3C[C@H](N(C[C@H](O)[C@H]4O[C@@H]5OC(C)(C)O[C@@H]5[C@H]4N=[N+]=[N-])C[C@H](O)[C@H]4O[C@@H]5OC(C)(C)O[C@@H]5[C@H]4N=[N+]=[N-])[C@@H](O)[C@H](O)[C@H]3O)[C@H](N=[N+]=[N-])[C@H]2O1. The molecule has 26 heteroatoms. The fourth-order valence-electron chi connectivity index (χ4n) is 9.27. The largest absolute Gasteiger partial charge is 0.389 e. The van der Waals surface area contributed by atoms with Crippen molar-refractivity contribution in [2.75, 3.05) is 19.6 Å². The number of ether oxygens (including phenoxy) is 9. The monoisotopic (exact) mass is 843 g/mol. The van der Waals surface area contributed by atoms with Gasteiger partial charge < -0.3 is 78.6 Å². The number of nitrogens with zero attached hydrogens (tertiary/aromatic N) is 10. The van der Waals surface area contributed by atoms with Gasteiger partial charge in [-0.1, -0.05) is 15.3 Å². The average molecular weight is 844 g/mol. The van der Waals surface area contributed by atoms with E-state index in [1.54, 1.807) is 41.5 Å². The van der Waals surface area contributed by atoms with Crippen LogP contribution in [-0.4, -0.2) is 195 Å². The van der Waals surface area contributed by atoms with Gasteiger partial charge in [-0.2, -0.15) is 0 Å². The fourth-order valence-corrected chi connectivity index (χ4v) is 9.27. The Kier molecular flexibility index (Phi) is 12.7. The summed E-state index contributed by atoms with van der Waals surface area (Å²) in [5.74, 6) is -3.16. The number of aliphatic hydroxyl groups is 6. The molecule has 330 valence electrons. The van der Waals surface area contributed by atoms with Gasteiger partial charge in [0.15, 0.2) is 36.2 Å². The molecule has 7 aliphatic rings. The van der Waals surface area contributed by atoms with E-state index in [9.17, 15) is 47.2 Å². The van der Waals surface area contributed by atoms with Gasteiger partial charge in [0.2, 0.25) is 0 Å².